The van der Waals surface area contributed by atoms with Gasteiger partial charge in [0.25, 0.3) is 5.91 Å². The van der Waals surface area contributed by atoms with Crippen LogP contribution in [0.3, 0.4) is 0 Å². The van der Waals surface area contributed by atoms with Gasteiger partial charge in [0.05, 0.1) is 6.42 Å². The van der Waals surface area contributed by atoms with Crippen molar-refractivity contribution in [2.24, 2.45) is 0 Å². The minimum absolute atomic E-state index is 0.0211. The lowest BCUT2D eigenvalue weighted by molar-refractivity contribution is -0.132. The summed E-state index contributed by atoms with van der Waals surface area (Å²) in [5.74, 6) is 0.224. The van der Waals surface area contributed by atoms with Gasteiger partial charge in [-0.3, -0.25) is 14.4 Å². The number of amides is 3. The molecular weight excluding hydrogens is 400 g/mol. The van der Waals surface area contributed by atoms with Gasteiger partial charge in [-0.25, -0.2) is 4.98 Å². The zero-order valence-electron chi connectivity index (χ0n) is 17.2. The van der Waals surface area contributed by atoms with Crippen LogP contribution in [0.5, 0.6) is 0 Å². The number of rotatable bonds is 5. The molecule has 0 spiro atoms. The molecule has 0 N–H and O–H groups in total. The molecular formula is C22H26N4O3S. The Morgan fingerprint density at radius 2 is 1.87 bits per heavy atom. The monoisotopic (exact) mass is 426 g/mol. The van der Waals surface area contributed by atoms with E-state index in [9.17, 15) is 14.4 Å². The summed E-state index contributed by atoms with van der Waals surface area (Å²) in [5, 5.41) is 2.79. The van der Waals surface area contributed by atoms with Crippen molar-refractivity contribution in [1.82, 2.24) is 19.7 Å². The van der Waals surface area contributed by atoms with Crippen LogP contribution in [-0.2, 0) is 22.6 Å². The summed E-state index contributed by atoms with van der Waals surface area (Å²) in [6, 6.07) is 7.54. The molecule has 2 aliphatic heterocycles. The van der Waals surface area contributed by atoms with Crippen molar-refractivity contribution in [3.05, 3.63) is 51.5 Å². The van der Waals surface area contributed by atoms with Crippen LogP contribution in [0.15, 0.2) is 29.6 Å². The van der Waals surface area contributed by atoms with Crippen LogP contribution in [0.2, 0.25) is 0 Å². The zero-order valence-corrected chi connectivity index (χ0v) is 18.0. The first-order valence-corrected chi connectivity index (χ1v) is 11.2. The van der Waals surface area contributed by atoms with Crippen LogP contribution < -0.4 is 0 Å². The molecule has 1 aromatic carbocycles. The Morgan fingerprint density at radius 3 is 2.53 bits per heavy atom. The minimum Gasteiger partial charge on any atom is -0.339 e. The molecule has 0 bridgehead atoms. The van der Waals surface area contributed by atoms with Crippen LogP contribution in [-0.4, -0.2) is 70.1 Å². The largest absolute Gasteiger partial charge is 0.339 e. The molecule has 0 atom stereocenters. The first-order chi connectivity index (χ1) is 14.5. The zero-order chi connectivity index (χ0) is 21.1. The smallest absolute Gasteiger partial charge is 0.253 e. The summed E-state index contributed by atoms with van der Waals surface area (Å²) in [5.41, 5.74) is 2.55. The number of benzene rings is 1. The predicted molar refractivity (Wildman–Crippen MR) is 114 cm³/mol. The Balaban J connectivity index is 1.32. The molecule has 0 unspecified atom stereocenters. The molecule has 4 rings (SSSR count). The number of aromatic nitrogens is 1. The molecule has 8 heteroatoms. The van der Waals surface area contributed by atoms with Crippen molar-refractivity contribution in [2.45, 2.75) is 32.7 Å². The maximum absolute atomic E-state index is 13.0. The maximum atomic E-state index is 13.0. The number of likely N-dealkylation sites (tertiary alicyclic amines) is 1. The van der Waals surface area contributed by atoms with Crippen molar-refractivity contribution < 1.29 is 14.4 Å². The first kappa shape index (κ1) is 20.5. The number of carbonyl (C=O) groups is 3. The lowest BCUT2D eigenvalue weighted by Crippen LogP contribution is -2.51. The van der Waals surface area contributed by atoms with Gasteiger partial charge in [0, 0.05) is 62.3 Å². The second-order valence-electron chi connectivity index (χ2n) is 7.85. The summed E-state index contributed by atoms with van der Waals surface area (Å²) in [4.78, 5) is 47.2. The summed E-state index contributed by atoms with van der Waals surface area (Å²) in [6.45, 7) is 5.39. The van der Waals surface area contributed by atoms with E-state index in [1.54, 1.807) is 4.90 Å². The van der Waals surface area contributed by atoms with Crippen LogP contribution in [0.4, 0.5) is 0 Å². The lowest BCUT2D eigenvalue weighted by atomic mass is 10.1. The molecule has 2 saturated heterocycles. The van der Waals surface area contributed by atoms with Gasteiger partial charge in [0.15, 0.2) is 0 Å². The normalized spacial score (nSPS) is 17.0. The summed E-state index contributed by atoms with van der Waals surface area (Å²) >= 11 is 1.51. The quantitative estimate of drug-likeness (QED) is 0.734. The summed E-state index contributed by atoms with van der Waals surface area (Å²) in [6.07, 6.45) is 1.84. The van der Waals surface area contributed by atoms with Gasteiger partial charge < -0.3 is 14.7 Å². The molecule has 2 aliphatic rings. The van der Waals surface area contributed by atoms with E-state index in [1.807, 2.05) is 46.4 Å². The van der Waals surface area contributed by atoms with Crippen molar-refractivity contribution in [1.29, 1.82) is 0 Å². The third-order valence-corrected chi connectivity index (χ3v) is 6.57. The van der Waals surface area contributed by atoms with Gasteiger partial charge in [0.2, 0.25) is 11.8 Å². The minimum atomic E-state index is -0.0211. The van der Waals surface area contributed by atoms with Crippen LogP contribution in [0.25, 0.3) is 0 Å². The molecule has 2 fully saturated rings. The van der Waals surface area contributed by atoms with Crippen LogP contribution in [0, 0.1) is 6.92 Å². The fourth-order valence-corrected chi connectivity index (χ4v) is 4.72. The van der Waals surface area contributed by atoms with Gasteiger partial charge in [-0.15, -0.1) is 11.3 Å². The average Bonchev–Trinajstić information content (AvgIpc) is 3.35. The number of hydrogen-bond donors (Lipinski definition) is 0. The van der Waals surface area contributed by atoms with E-state index in [0.29, 0.717) is 51.1 Å². The van der Waals surface area contributed by atoms with Gasteiger partial charge in [-0.2, -0.15) is 0 Å². The van der Waals surface area contributed by atoms with Crippen LogP contribution in [0.1, 0.15) is 39.5 Å². The second kappa shape index (κ2) is 8.95. The number of nitrogens with zero attached hydrogens (tertiary/aromatic N) is 4. The Kier molecular flexibility index (Phi) is 6.13. The number of aryl methyl sites for hydroxylation is 1. The predicted octanol–water partition coefficient (Wildman–Crippen LogP) is 2.10. The van der Waals surface area contributed by atoms with E-state index in [4.69, 9.17) is 0 Å². The standard InChI is InChI=1S/C22H26N4O3S/c1-16-15-30-19(23-16)13-21(28)24-8-10-25(11-9-24)22(29)18-5-2-4-17(12-18)14-26-7-3-6-20(26)27/h2,4-5,12,15H,3,6-11,13-14H2,1H3. The van der Waals surface area contributed by atoms with Gasteiger partial charge >= 0.3 is 0 Å². The van der Waals surface area contributed by atoms with E-state index in [1.165, 1.54) is 11.3 Å². The number of piperazine rings is 1. The Hall–Kier alpha value is -2.74. The molecule has 2 aromatic rings. The fourth-order valence-electron chi connectivity index (χ4n) is 3.96. The lowest BCUT2D eigenvalue weighted by Gasteiger charge is -2.34. The average molecular weight is 427 g/mol. The third-order valence-electron chi connectivity index (χ3n) is 5.61. The molecule has 1 aromatic heterocycles. The number of carbonyl (C=O) groups excluding carboxylic acids is 3. The number of thiazole rings is 1. The van der Waals surface area contributed by atoms with Crippen molar-refractivity contribution in [3.63, 3.8) is 0 Å². The van der Waals surface area contributed by atoms with E-state index < -0.39 is 0 Å². The van der Waals surface area contributed by atoms with E-state index in [-0.39, 0.29) is 17.7 Å². The highest BCUT2D eigenvalue weighted by molar-refractivity contribution is 7.09. The number of hydrogen-bond acceptors (Lipinski definition) is 5. The van der Waals surface area contributed by atoms with Gasteiger partial charge in [-0.05, 0) is 31.0 Å². The molecule has 3 amide bonds. The Morgan fingerprint density at radius 1 is 1.10 bits per heavy atom. The fraction of sp³-hybridized carbons (Fsp3) is 0.455. The molecule has 0 radical (unpaired) electrons. The van der Waals surface area contributed by atoms with Gasteiger partial charge in [0.1, 0.15) is 5.01 Å². The third kappa shape index (κ3) is 4.70. The van der Waals surface area contributed by atoms with E-state index in [2.05, 4.69) is 4.98 Å². The summed E-state index contributed by atoms with van der Waals surface area (Å²) < 4.78 is 0. The Labute approximate surface area is 180 Å². The maximum Gasteiger partial charge on any atom is 0.253 e. The SMILES string of the molecule is Cc1csc(CC(=O)N2CCN(C(=O)c3cccc(CN4CCCC4=O)c3)CC2)n1. The molecule has 3 heterocycles. The highest BCUT2D eigenvalue weighted by Gasteiger charge is 2.26. The highest BCUT2D eigenvalue weighted by Crippen LogP contribution is 2.17. The molecule has 0 saturated carbocycles. The molecule has 7 nitrogen and oxygen atoms in total. The van der Waals surface area contributed by atoms with Crippen molar-refractivity contribution >= 4 is 29.1 Å². The van der Waals surface area contributed by atoms with Crippen LogP contribution >= 0.6 is 11.3 Å². The molecule has 0 aliphatic carbocycles. The van der Waals surface area contributed by atoms with Crippen molar-refractivity contribution in [2.75, 3.05) is 32.7 Å². The topological polar surface area (TPSA) is 73.8 Å². The first-order valence-electron chi connectivity index (χ1n) is 10.3. The molecule has 30 heavy (non-hydrogen) atoms. The summed E-state index contributed by atoms with van der Waals surface area (Å²) in [7, 11) is 0. The molecule has 158 valence electrons. The van der Waals surface area contributed by atoms with Crippen molar-refractivity contribution in [3.8, 4) is 0 Å². The van der Waals surface area contributed by atoms with Gasteiger partial charge in [-0.1, -0.05) is 12.1 Å². The van der Waals surface area contributed by atoms with E-state index in [0.717, 1.165) is 29.2 Å². The highest BCUT2D eigenvalue weighted by atomic mass is 32.1. The van der Waals surface area contributed by atoms with E-state index >= 15 is 0 Å². The Bertz CT molecular complexity index is 949. The second-order valence-corrected chi connectivity index (χ2v) is 8.79.